The van der Waals surface area contributed by atoms with E-state index in [4.69, 9.17) is 0 Å². The quantitative estimate of drug-likeness (QED) is 0.675. The molecule has 2 aliphatic heterocycles. The fourth-order valence-corrected chi connectivity index (χ4v) is 6.86. The third-order valence-corrected chi connectivity index (χ3v) is 8.79. The van der Waals surface area contributed by atoms with Gasteiger partial charge in [0, 0.05) is 31.7 Å². The number of rotatable bonds is 5. The van der Waals surface area contributed by atoms with Crippen molar-refractivity contribution in [3.63, 3.8) is 0 Å². The molecule has 1 aromatic rings. The summed E-state index contributed by atoms with van der Waals surface area (Å²) in [6.45, 7) is 1.74. The second-order valence-corrected chi connectivity index (χ2v) is 11.7. The van der Waals surface area contributed by atoms with E-state index in [0.717, 1.165) is 0 Å². The van der Waals surface area contributed by atoms with E-state index >= 15 is 0 Å². The molecule has 0 aromatic heterocycles. The monoisotopic (exact) mass is 443 g/mol. The van der Waals surface area contributed by atoms with Crippen LogP contribution in [0.4, 0.5) is 5.69 Å². The molecule has 11 heteroatoms. The van der Waals surface area contributed by atoms with Gasteiger partial charge in [0.2, 0.25) is 21.8 Å². The fourth-order valence-electron chi connectivity index (χ4n) is 3.67. The molecule has 2 N–H and O–H groups in total. The highest BCUT2D eigenvalue weighted by Crippen LogP contribution is 2.25. The highest BCUT2D eigenvalue weighted by Gasteiger charge is 2.35. The van der Waals surface area contributed by atoms with Crippen LogP contribution in [0.15, 0.2) is 29.2 Å². The Morgan fingerprint density at radius 1 is 1.14 bits per heavy atom. The van der Waals surface area contributed by atoms with Crippen molar-refractivity contribution in [3.05, 3.63) is 24.3 Å². The predicted octanol–water partition coefficient (Wildman–Crippen LogP) is 0.349. The molecule has 3 rings (SSSR count). The SMILES string of the molecule is CC(=O)Nc1ccc(S(=O)(=O)N2CCCC(C(=O)NC3CCS(=O)(=O)C3)C2)cc1. The van der Waals surface area contributed by atoms with E-state index in [1.807, 2.05) is 0 Å². The van der Waals surface area contributed by atoms with E-state index in [2.05, 4.69) is 10.6 Å². The Bertz CT molecular complexity index is 989. The third-order valence-electron chi connectivity index (χ3n) is 5.15. The van der Waals surface area contributed by atoms with E-state index in [1.54, 1.807) is 0 Å². The van der Waals surface area contributed by atoms with E-state index < -0.39 is 31.8 Å². The average Bonchev–Trinajstić information content (AvgIpc) is 3.00. The Morgan fingerprint density at radius 3 is 2.41 bits per heavy atom. The van der Waals surface area contributed by atoms with Crippen LogP contribution in [0.3, 0.4) is 0 Å². The largest absolute Gasteiger partial charge is 0.352 e. The molecule has 0 radical (unpaired) electrons. The molecule has 0 saturated carbocycles. The van der Waals surface area contributed by atoms with Crippen LogP contribution < -0.4 is 10.6 Å². The number of hydrogen-bond donors (Lipinski definition) is 2. The molecule has 0 bridgehead atoms. The van der Waals surface area contributed by atoms with Crippen LogP contribution >= 0.6 is 0 Å². The molecule has 2 saturated heterocycles. The first-order valence-electron chi connectivity index (χ1n) is 9.45. The smallest absolute Gasteiger partial charge is 0.243 e. The summed E-state index contributed by atoms with van der Waals surface area (Å²) in [4.78, 5) is 23.7. The Kier molecular flexibility index (Phi) is 6.30. The zero-order chi connectivity index (χ0) is 21.2. The van der Waals surface area contributed by atoms with Gasteiger partial charge in [0.1, 0.15) is 0 Å². The highest BCUT2D eigenvalue weighted by atomic mass is 32.2. The van der Waals surface area contributed by atoms with E-state index in [9.17, 15) is 26.4 Å². The maximum Gasteiger partial charge on any atom is 0.243 e. The van der Waals surface area contributed by atoms with Crippen LogP contribution in [0.25, 0.3) is 0 Å². The number of anilines is 1. The highest BCUT2D eigenvalue weighted by molar-refractivity contribution is 7.91. The van der Waals surface area contributed by atoms with Gasteiger partial charge < -0.3 is 10.6 Å². The van der Waals surface area contributed by atoms with Gasteiger partial charge in [-0.1, -0.05) is 0 Å². The molecule has 160 valence electrons. The Hall–Kier alpha value is -1.98. The number of benzene rings is 1. The lowest BCUT2D eigenvalue weighted by Crippen LogP contribution is -2.47. The van der Waals surface area contributed by atoms with Crippen LogP contribution in [-0.2, 0) is 29.4 Å². The molecule has 2 aliphatic rings. The van der Waals surface area contributed by atoms with Crippen molar-refractivity contribution in [1.82, 2.24) is 9.62 Å². The molecule has 2 heterocycles. The summed E-state index contributed by atoms with van der Waals surface area (Å²) >= 11 is 0. The topological polar surface area (TPSA) is 130 Å². The summed E-state index contributed by atoms with van der Waals surface area (Å²) in [5.41, 5.74) is 0.499. The Morgan fingerprint density at radius 2 is 1.83 bits per heavy atom. The van der Waals surface area contributed by atoms with Gasteiger partial charge in [-0.2, -0.15) is 4.31 Å². The number of carbonyl (C=O) groups is 2. The molecule has 2 amide bonds. The van der Waals surface area contributed by atoms with Gasteiger partial charge in [-0.25, -0.2) is 16.8 Å². The van der Waals surface area contributed by atoms with Gasteiger partial charge in [0.25, 0.3) is 0 Å². The number of carbonyl (C=O) groups excluding carboxylic acids is 2. The van der Waals surface area contributed by atoms with Crippen molar-refractivity contribution in [1.29, 1.82) is 0 Å². The lowest BCUT2D eigenvalue weighted by molar-refractivity contribution is -0.126. The molecule has 2 atom stereocenters. The molecular weight excluding hydrogens is 418 g/mol. The summed E-state index contributed by atoms with van der Waals surface area (Å²) in [5, 5.41) is 5.34. The lowest BCUT2D eigenvalue weighted by atomic mass is 9.98. The fraction of sp³-hybridized carbons (Fsp3) is 0.556. The lowest BCUT2D eigenvalue weighted by Gasteiger charge is -2.31. The Labute approximate surface area is 170 Å². The van der Waals surface area contributed by atoms with Gasteiger partial charge >= 0.3 is 0 Å². The number of hydrogen-bond acceptors (Lipinski definition) is 6. The molecule has 9 nitrogen and oxygen atoms in total. The van der Waals surface area contributed by atoms with Gasteiger partial charge in [-0.15, -0.1) is 0 Å². The van der Waals surface area contributed by atoms with E-state index in [-0.39, 0.29) is 34.8 Å². The van der Waals surface area contributed by atoms with Gasteiger partial charge in [-0.3, -0.25) is 9.59 Å². The minimum absolute atomic E-state index is 0.0566. The second-order valence-electron chi connectivity index (χ2n) is 7.52. The zero-order valence-electron chi connectivity index (χ0n) is 16.1. The molecule has 0 spiro atoms. The molecule has 0 aliphatic carbocycles. The van der Waals surface area contributed by atoms with Crippen molar-refractivity contribution < 1.29 is 26.4 Å². The zero-order valence-corrected chi connectivity index (χ0v) is 17.8. The second kappa shape index (κ2) is 8.41. The number of nitrogens with one attached hydrogen (secondary N) is 2. The average molecular weight is 444 g/mol. The maximum atomic E-state index is 12.9. The normalized spacial score (nSPS) is 24.7. The summed E-state index contributed by atoms with van der Waals surface area (Å²) in [6.07, 6.45) is 1.49. The van der Waals surface area contributed by atoms with Crippen LogP contribution in [0.5, 0.6) is 0 Å². The minimum atomic E-state index is -3.77. The standard InChI is InChI=1S/C18H25N3O6S2/c1-13(22)19-15-4-6-17(7-5-15)29(26,27)21-9-2-3-14(11-21)18(23)20-16-8-10-28(24,25)12-16/h4-7,14,16H,2-3,8-12H2,1H3,(H,19,22)(H,20,23). The van der Waals surface area contributed by atoms with Gasteiger partial charge in [0.15, 0.2) is 9.84 Å². The Balaban J connectivity index is 1.66. The molecule has 1 aromatic carbocycles. The minimum Gasteiger partial charge on any atom is -0.352 e. The van der Waals surface area contributed by atoms with Crippen molar-refractivity contribution >= 4 is 37.4 Å². The summed E-state index contributed by atoms with van der Waals surface area (Å²) in [7, 11) is -6.88. The third kappa shape index (κ3) is 5.34. The number of sulfonamides is 1. The van der Waals surface area contributed by atoms with E-state index in [1.165, 1.54) is 35.5 Å². The van der Waals surface area contributed by atoms with Crippen molar-refractivity contribution in [2.24, 2.45) is 5.92 Å². The van der Waals surface area contributed by atoms with Crippen molar-refractivity contribution in [2.45, 2.75) is 37.1 Å². The summed E-state index contributed by atoms with van der Waals surface area (Å²) < 4.78 is 50.3. The number of nitrogens with zero attached hydrogens (tertiary/aromatic N) is 1. The number of amides is 2. The molecule has 2 unspecified atom stereocenters. The van der Waals surface area contributed by atoms with Crippen molar-refractivity contribution in [3.8, 4) is 0 Å². The molecular formula is C18H25N3O6S2. The molecule has 29 heavy (non-hydrogen) atoms. The first kappa shape index (κ1) is 21.7. The first-order valence-corrected chi connectivity index (χ1v) is 12.7. The summed E-state index contributed by atoms with van der Waals surface area (Å²) in [6, 6.07) is 5.48. The maximum absolute atomic E-state index is 12.9. The number of piperidine rings is 1. The van der Waals surface area contributed by atoms with Crippen LogP contribution in [0.1, 0.15) is 26.2 Å². The van der Waals surface area contributed by atoms with Crippen molar-refractivity contribution in [2.75, 3.05) is 29.9 Å². The predicted molar refractivity (Wildman–Crippen MR) is 107 cm³/mol. The van der Waals surface area contributed by atoms with Crippen LogP contribution in [0.2, 0.25) is 0 Å². The van der Waals surface area contributed by atoms with Gasteiger partial charge in [-0.05, 0) is 43.5 Å². The van der Waals surface area contributed by atoms with Gasteiger partial charge in [0.05, 0.1) is 22.3 Å². The number of sulfone groups is 1. The molecule has 2 fully saturated rings. The van der Waals surface area contributed by atoms with Crippen LogP contribution in [-0.4, -0.2) is 63.6 Å². The van der Waals surface area contributed by atoms with E-state index in [0.29, 0.717) is 31.5 Å². The van der Waals surface area contributed by atoms with Crippen LogP contribution in [0, 0.1) is 5.92 Å². The first-order chi connectivity index (χ1) is 13.6. The summed E-state index contributed by atoms with van der Waals surface area (Å²) in [5.74, 6) is -1.06.